The van der Waals surface area contributed by atoms with Crippen LogP contribution in [0.4, 0.5) is 8.78 Å². The maximum atomic E-state index is 13.4. The highest BCUT2D eigenvalue weighted by atomic mass is 35.5. The predicted octanol–water partition coefficient (Wildman–Crippen LogP) is 3.38. The molecule has 1 aliphatic carbocycles. The van der Waals surface area contributed by atoms with Crippen molar-refractivity contribution in [1.82, 2.24) is 5.06 Å². The van der Waals surface area contributed by atoms with E-state index in [0.29, 0.717) is 5.56 Å². The molecule has 156 valence electrons. The Balaban J connectivity index is 1.85. The number of hydroxylamine groups is 2. The number of hydrogen-bond acceptors (Lipinski definition) is 7. The fourth-order valence-electron chi connectivity index (χ4n) is 3.27. The number of fused-ring (bicyclic) bond motifs is 1. The molecule has 0 spiro atoms. The maximum Gasteiger partial charge on any atom is 0.586 e. The summed E-state index contributed by atoms with van der Waals surface area (Å²) < 4.78 is 68.3. The number of benzene rings is 1. The molecule has 3 aliphatic rings. The van der Waals surface area contributed by atoms with Crippen LogP contribution in [0.1, 0.15) is 25.3 Å². The van der Waals surface area contributed by atoms with E-state index in [-0.39, 0.29) is 33.7 Å². The monoisotopic (exact) mass is 448 g/mol. The molecular formula is C17H15ClF2N2O6S. The van der Waals surface area contributed by atoms with E-state index < -0.39 is 28.0 Å². The van der Waals surface area contributed by atoms with E-state index in [4.69, 9.17) is 16.3 Å². The molecule has 0 radical (unpaired) electrons. The number of rotatable bonds is 2. The summed E-state index contributed by atoms with van der Waals surface area (Å²) in [4.78, 5) is 0. The third-order valence-corrected chi connectivity index (χ3v) is 5.27. The van der Waals surface area contributed by atoms with Crippen molar-refractivity contribution < 1.29 is 36.6 Å². The number of ether oxygens (including phenoxy) is 3. The first-order chi connectivity index (χ1) is 13.3. The van der Waals surface area contributed by atoms with E-state index >= 15 is 0 Å². The van der Waals surface area contributed by atoms with Crippen LogP contribution in [0.2, 0.25) is 5.02 Å². The summed E-state index contributed by atoms with van der Waals surface area (Å²) in [6, 6.07) is 2.46. The zero-order valence-electron chi connectivity index (χ0n) is 15.3. The molecule has 29 heavy (non-hydrogen) atoms. The van der Waals surface area contributed by atoms with Crippen molar-refractivity contribution in [3.05, 3.63) is 46.3 Å². The van der Waals surface area contributed by atoms with Crippen molar-refractivity contribution in [3.8, 4) is 11.5 Å². The van der Waals surface area contributed by atoms with E-state index in [1.165, 1.54) is 24.3 Å². The van der Waals surface area contributed by atoms with Gasteiger partial charge in [0.05, 0.1) is 12.2 Å². The number of halogens is 3. The van der Waals surface area contributed by atoms with Crippen LogP contribution in [-0.2, 0) is 14.8 Å². The SMILES string of the molecule is CC1(C)OC2=C(C(c3cc4c(cc3Cl)OC(F)(F)O4)C=CC2=NS(C)(=O)=O)N1O. The lowest BCUT2D eigenvalue weighted by atomic mass is 9.89. The molecular weight excluding hydrogens is 434 g/mol. The van der Waals surface area contributed by atoms with Crippen LogP contribution in [0.25, 0.3) is 0 Å². The number of nitrogens with zero attached hydrogens (tertiary/aromatic N) is 2. The van der Waals surface area contributed by atoms with Crippen molar-refractivity contribution in [1.29, 1.82) is 0 Å². The van der Waals surface area contributed by atoms with Crippen LogP contribution in [0.15, 0.2) is 40.1 Å². The van der Waals surface area contributed by atoms with Gasteiger partial charge in [-0.2, -0.15) is 4.40 Å². The summed E-state index contributed by atoms with van der Waals surface area (Å²) >= 11 is 6.28. The molecule has 0 bridgehead atoms. The minimum atomic E-state index is -3.81. The van der Waals surface area contributed by atoms with Gasteiger partial charge in [0.15, 0.2) is 23.0 Å². The van der Waals surface area contributed by atoms with E-state index in [1.807, 2.05) is 0 Å². The Morgan fingerprint density at radius 1 is 1.21 bits per heavy atom. The third-order valence-electron chi connectivity index (χ3n) is 4.42. The first-order valence-electron chi connectivity index (χ1n) is 8.27. The van der Waals surface area contributed by atoms with Gasteiger partial charge in [0, 0.05) is 11.1 Å². The molecule has 1 aromatic rings. The van der Waals surface area contributed by atoms with E-state index in [9.17, 15) is 22.4 Å². The second kappa shape index (κ2) is 6.07. The Kier molecular flexibility index (Phi) is 4.17. The third kappa shape index (κ3) is 3.43. The number of hydrogen-bond donors (Lipinski definition) is 1. The molecule has 0 saturated carbocycles. The topological polar surface area (TPSA) is 97.7 Å². The van der Waals surface area contributed by atoms with Crippen molar-refractivity contribution in [2.24, 2.45) is 4.40 Å². The smallest absolute Gasteiger partial charge is 0.462 e. The lowest BCUT2D eigenvalue weighted by molar-refractivity contribution is -0.286. The highest BCUT2D eigenvalue weighted by Gasteiger charge is 2.47. The zero-order valence-corrected chi connectivity index (χ0v) is 16.9. The van der Waals surface area contributed by atoms with Gasteiger partial charge in [0.1, 0.15) is 11.4 Å². The minimum absolute atomic E-state index is 0.00762. The average Bonchev–Trinajstić information content (AvgIpc) is 2.98. The molecule has 1 aromatic carbocycles. The second-order valence-electron chi connectivity index (χ2n) is 7.11. The van der Waals surface area contributed by atoms with Crippen LogP contribution in [0.5, 0.6) is 11.5 Å². The summed E-state index contributed by atoms with van der Waals surface area (Å²) in [5.41, 5.74) is -0.767. The average molecular weight is 449 g/mol. The first kappa shape index (κ1) is 19.9. The van der Waals surface area contributed by atoms with Gasteiger partial charge in [-0.1, -0.05) is 17.7 Å². The fraction of sp³-hybridized carbons (Fsp3) is 0.353. The van der Waals surface area contributed by atoms with Gasteiger partial charge in [0.25, 0.3) is 10.0 Å². The highest BCUT2D eigenvalue weighted by Crippen LogP contribution is 2.49. The first-order valence-corrected chi connectivity index (χ1v) is 10.5. The van der Waals surface area contributed by atoms with E-state index in [0.717, 1.165) is 11.3 Å². The molecule has 2 heterocycles. The second-order valence-corrected chi connectivity index (χ2v) is 9.17. The fourth-order valence-corrected chi connectivity index (χ4v) is 4.04. The molecule has 12 heteroatoms. The molecule has 4 rings (SSSR count). The van der Waals surface area contributed by atoms with Crippen molar-refractivity contribution in [2.45, 2.75) is 31.8 Å². The summed E-state index contributed by atoms with van der Waals surface area (Å²) in [5.74, 6) is -1.16. The van der Waals surface area contributed by atoms with Crippen LogP contribution in [0.3, 0.4) is 0 Å². The van der Waals surface area contributed by atoms with E-state index in [1.54, 1.807) is 13.8 Å². The van der Waals surface area contributed by atoms with Crippen molar-refractivity contribution in [2.75, 3.05) is 6.26 Å². The number of allylic oxidation sites excluding steroid dienone is 2. The number of sulfonamides is 1. The Hall–Kier alpha value is -2.37. The Labute approximate surface area is 169 Å². The Morgan fingerprint density at radius 2 is 1.83 bits per heavy atom. The molecule has 1 atom stereocenters. The standard InChI is InChI=1S/C17H15ClF2N2O6S/c1-16(2)22(23)14-8(4-5-11(15(14)28-16)21-29(3,24)25)9-6-12-13(7-10(9)18)27-17(19,20)26-12/h4-8,23H,1-3H3. The van der Waals surface area contributed by atoms with Crippen LogP contribution >= 0.6 is 11.6 Å². The minimum Gasteiger partial charge on any atom is -0.462 e. The molecule has 0 aromatic heterocycles. The van der Waals surface area contributed by atoms with Crippen molar-refractivity contribution in [3.63, 3.8) is 0 Å². The summed E-state index contributed by atoms with van der Waals surface area (Å²) in [6.45, 7) is 3.12. The summed E-state index contributed by atoms with van der Waals surface area (Å²) in [6.07, 6.45) is 0.0352. The Bertz CT molecular complexity index is 1110. The van der Waals surface area contributed by atoms with Gasteiger partial charge in [-0.05, 0) is 31.6 Å². The molecule has 1 N–H and O–H groups in total. The lowest BCUT2D eigenvalue weighted by Crippen LogP contribution is -2.38. The maximum absolute atomic E-state index is 13.4. The van der Waals surface area contributed by atoms with Crippen molar-refractivity contribution >= 4 is 27.3 Å². The largest absolute Gasteiger partial charge is 0.586 e. The van der Waals surface area contributed by atoms with Crippen LogP contribution < -0.4 is 9.47 Å². The predicted molar refractivity (Wildman–Crippen MR) is 97.6 cm³/mol. The van der Waals surface area contributed by atoms with E-state index in [2.05, 4.69) is 13.9 Å². The molecule has 2 aliphatic heterocycles. The normalized spacial score (nSPS) is 25.4. The highest BCUT2D eigenvalue weighted by molar-refractivity contribution is 7.89. The summed E-state index contributed by atoms with van der Waals surface area (Å²) in [5, 5.41) is 11.6. The van der Waals surface area contributed by atoms with Gasteiger partial charge >= 0.3 is 6.29 Å². The zero-order chi connectivity index (χ0) is 21.4. The van der Waals surface area contributed by atoms with Gasteiger partial charge < -0.3 is 14.2 Å². The molecule has 0 fully saturated rings. The molecule has 0 saturated heterocycles. The van der Waals surface area contributed by atoms with Gasteiger partial charge in [-0.25, -0.2) is 13.5 Å². The quantitative estimate of drug-likeness (QED) is 0.740. The lowest BCUT2D eigenvalue weighted by Gasteiger charge is -2.29. The van der Waals surface area contributed by atoms with Gasteiger partial charge in [-0.15, -0.1) is 8.78 Å². The van der Waals surface area contributed by atoms with Crippen LogP contribution in [0, 0.1) is 0 Å². The van der Waals surface area contributed by atoms with Gasteiger partial charge in [-0.3, -0.25) is 5.21 Å². The van der Waals surface area contributed by atoms with Gasteiger partial charge in [0.2, 0.25) is 0 Å². The molecule has 1 unspecified atom stereocenters. The molecule has 8 nitrogen and oxygen atoms in total. The summed E-state index contributed by atoms with van der Waals surface area (Å²) in [7, 11) is -3.75. The Morgan fingerprint density at radius 3 is 2.45 bits per heavy atom. The van der Waals surface area contributed by atoms with Crippen LogP contribution in [-0.4, -0.2) is 42.7 Å². The number of alkyl halides is 2. The molecule has 0 amide bonds.